The molecule has 1 aromatic carbocycles. The Balaban J connectivity index is 1.80. The lowest BCUT2D eigenvalue weighted by Crippen LogP contribution is -2.30. The molecule has 0 spiro atoms. The van der Waals surface area contributed by atoms with E-state index in [2.05, 4.69) is 31.2 Å². The molecule has 3 unspecified atom stereocenters. The Bertz CT molecular complexity index is 604. The summed E-state index contributed by atoms with van der Waals surface area (Å²) < 4.78 is 1.96. The van der Waals surface area contributed by atoms with E-state index in [0.29, 0.717) is 5.92 Å². The normalized spacial score (nSPS) is 26.3. The maximum Gasteiger partial charge on any atom is 0.0707 e. The topological polar surface area (TPSA) is 38.1 Å². The van der Waals surface area contributed by atoms with Crippen LogP contribution in [0.4, 0.5) is 0 Å². The van der Waals surface area contributed by atoms with Crippen molar-refractivity contribution in [2.75, 3.05) is 0 Å². The first-order valence-electron chi connectivity index (χ1n) is 8.27. The van der Waals surface area contributed by atoms with Crippen molar-refractivity contribution >= 4 is 10.9 Å². The van der Waals surface area contributed by atoms with E-state index < -0.39 is 0 Å². The Labute approximate surface area is 127 Å². The first-order valence-corrected chi connectivity index (χ1v) is 8.27. The van der Waals surface area contributed by atoms with Crippen molar-refractivity contribution in [1.29, 1.82) is 0 Å². The Morgan fingerprint density at radius 2 is 2.10 bits per heavy atom. The number of hydrogen-bond acceptors (Lipinski definition) is 2. The lowest BCUT2D eigenvalue weighted by atomic mass is 9.75. The molecular formula is C18H26N2O. The van der Waals surface area contributed by atoms with E-state index in [1.54, 1.807) is 0 Å². The molecule has 1 aromatic heterocycles. The summed E-state index contributed by atoms with van der Waals surface area (Å²) in [4.78, 5) is 0. The molecule has 0 saturated heterocycles. The van der Waals surface area contributed by atoms with Crippen LogP contribution < -0.4 is 0 Å². The van der Waals surface area contributed by atoms with Crippen molar-refractivity contribution in [3.05, 3.63) is 30.0 Å². The van der Waals surface area contributed by atoms with Crippen molar-refractivity contribution < 1.29 is 5.11 Å². The number of aliphatic hydroxyl groups is 1. The summed E-state index contributed by atoms with van der Waals surface area (Å²) in [5.41, 5.74) is 2.33. The second kappa shape index (κ2) is 6.18. The van der Waals surface area contributed by atoms with Crippen molar-refractivity contribution in [2.45, 2.75) is 51.6 Å². The number of fused-ring (bicyclic) bond motifs is 1. The third kappa shape index (κ3) is 2.98. The van der Waals surface area contributed by atoms with Gasteiger partial charge in [-0.1, -0.05) is 38.0 Å². The van der Waals surface area contributed by atoms with Crippen LogP contribution in [0, 0.1) is 11.8 Å². The highest BCUT2D eigenvalue weighted by Gasteiger charge is 2.29. The molecule has 3 rings (SSSR count). The van der Waals surface area contributed by atoms with Gasteiger partial charge in [0.1, 0.15) is 0 Å². The van der Waals surface area contributed by atoms with Crippen molar-refractivity contribution in [3.8, 4) is 0 Å². The first-order chi connectivity index (χ1) is 10.2. The van der Waals surface area contributed by atoms with E-state index in [1.165, 1.54) is 30.2 Å². The second-order valence-corrected chi connectivity index (χ2v) is 6.59. The molecule has 0 radical (unpaired) electrons. The van der Waals surface area contributed by atoms with Crippen LogP contribution in [0.1, 0.15) is 44.7 Å². The lowest BCUT2D eigenvalue weighted by Gasteiger charge is -2.33. The van der Waals surface area contributed by atoms with E-state index in [1.807, 2.05) is 11.7 Å². The van der Waals surface area contributed by atoms with Gasteiger partial charge in [0, 0.05) is 12.4 Å². The lowest BCUT2D eigenvalue weighted by molar-refractivity contribution is 0.0459. The predicted octanol–water partition coefficient (Wildman–Crippen LogP) is 3.69. The summed E-state index contributed by atoms with van der Waals surface area (Å²) in [6, 6.07) is 8.39. The van der Waals surface area contributed by atoms with Crippen LogP contribution in [0.2, 0.25) is 0 Å². The molecule has 1 N–H and O–H groups in total. The van der Waals surface area contributed by atoms with Gasteiger partial charge in [-0.15, -0.1) is 0 Å². The fraction of sp³-hybridized carbons (Fsp3) is 0.611. The molecule has 114 valence electrons. The van der Waals surface area contributed by atoms with Crippen molar-refractivity contribution in [2.24, 2.45) is 18.9 Å². The van der Waals surface area contributed by atoms with Crippen LogP contribution in [0.15, 0.2) is 24.3 Å². The minimum Gasteiger partial charge on any atom is -0.393 e. The van der Waals surface area contributed by atoms with E-state index in [4.69, 9.17) is 5.10 Å². The molecule has 0 aliphatic heterocycles. The van der Waals surface area contributed by atoms with Gasteiger partial charge in [0.2, 0.25) is 0 Å². The molecule has 1 saturated carbocycles. The van der Waals surface area contributed by atoms with Gasteiger partial charge in [-0.25, -0.2) is 0 Å². The molecule has 3 nitrogen and oxygen atoms in total. The highest BCUT2D eigenvalue weighted by molar-refractivity contribution is 5.81. The maximum atomic E-state index is 10.4. The number of aliphatic hydroxyl groups excluding tert-OH is 1. The summed E-state index contributed by atoms with van der Waals surface area (Å²) in [6.07, 6.45) is 6.60. The number of nitrogens with zero attached hydrogens (tertiary/aromatic N) is 2. The van der Waals surface area contributed by atoms with Gasteiger partial charge in [-0.3, -0.25) is 4.68 Å². The highest BCUT2D eigenvalue weighted by atomic mass is 16.3. The summed E-state index contributed by atoms with van der Waals surface area (Å²) in [5, 5.41) is 16.3. The minimum absolute atomic E-state index is 0.154. The molecule has 21 heavy (non-hydrogen) atoms. The Hall–Kier alpha value is -1.35. The van der Waals surface area contributed by atoms with Crippen LogP contribution in [0.5, 0.6) is 0 Å². The molecule has 3 atom stereocenters. The second-order valence-electron chi connectivity index (χ2n) is 6.59. The fourth-order valence-corrected chi connectivity index (χ4v) is 3.92. The average Bonchev–Trinajstić information content (AvgIpc) is 2.80. The van der Waals surface area contributed by atoms with Gasteiger partial charge in [0.25, 0.3) is 0 Å². The van der Waals surface area contributed by atoms with Crippen LogP contribution in [-0.2, 0) is 13.5 Å². The minimum atomic E-state index is -0.154. The van der Waals surface area contributed by atoms with Gasteiger partial charge in [0.05, 0.1) is 17.3 Å². The van der Waals surface area contributed by atoms with Crippen LogP contribution in [0.25, 0.3) is 10.9 Å². The molecule has 3 heteroatoms. The SMILES string of the molecule is CCCC1CCC(O)C(Cc2nn(C)c3ccccc23)C1. The molecular weight excluding hydrogens is 260 g/mol. The summed E-state index contributed by atoms with van der Waals surface area (Å²) in [5.74, 6) is 1.16. The van der Waals surface area contributed by atoms with Gasteiger partial charge in [-0.05, 0) is 43.6 Å². The van der Waals surface area contributed by atoms with E-state index in [0.717, 1.165) is 30.9 Å². The van der Waals surface area contributed by atoms with Crippen LogP contribution in [-0.4, -0.2) is 21.0 Å². The summed E-state index contributed by atoms with van der Waals surface area (Å²) >= 11 is 0. The van der Waals surface area contributed by atoms with Gasteiger partial charge in [-0.2, -0.15) is 5.10 Å². The number of para-hydroxylation sites is 1. The zero-order valence-electron chi connectivity index (χ0n) is 13.1. The number of aromatic nitrogens is 2. The molecule has 0 bridgehead atoms. The van der Waals surface area contributed by atoms with Gasteiger partial charge >= 0.3 is 0 Å². The number of aryl methyl sites for hydroxylation is 1. The third-order valence-corrected chi connectivity index (χ3v) is 5.04. The van der Waals surface area contributed by atoms with Crippen molar-refractivity contribution in [3.63, 3.8) is 0 Å². The van der Waals surface area contributed by atoms with E-state index >= 15 is 0 Å². The Kier molecular flexibility index (Phi) is 4.29. The van der Waals surface area contributed by atoms with Crippen LogP contribution in [0.3, 0.4) is 0 Å². The Morgan fingerprint density at radius 1 is 1.29 bits per heavy atom. The quantitative estimate of drug-likeness (QED) is 0.930. The molecule has 1 fully saturated rings. The third-order valence-electron chi connectivity index (χ3n) is 5.04. The Morgan fingerprint density at radius 3 is 2.90 bits per heavy atom. The highest BCUT2D eigenvalue weighted by Crippen LogP contribution is 2.35. The molecule has 2 aromatic rings. The number of rotatable bonds is 4. The van der Waals surface area contributed by atoms with Gasteiger partial charge < -0.3 is 5.11 Å². The molecule has 1 aliphatic carbocycles. The largest absolute Gasteiger partial charge is 0.393 e. The van der Waals surface area contributed by atoms with Crippen LogP contribution >= 0.6 is 0 Å². The van der Waals surface area contributed by atoms with E-state index in [9.17, 15) is 5.11 Å². The first kappa shape index (κ1) is 14.6. The van der Waals surface area contributed by atoms with Gasteiger partial charge in [0.15, 0.2) is 0 Å². The summed E-state index contributed by atoms with van der Waals surface area (Å²) in [7, 11) is 2.00. The average molecular weight is 286 g/mol. The fourth-order valence-electron chi connectivity index (χ4n) is 3.92. The number of hydrogen-bond donors (Lipinski definition) is 1. The standard InChI is InChI=1S/C18H26N2O/c1-3-6-13-9-10-18(21)14(11-13)12-16-15-7-4-5-8-17(15)20(2)19-16/h4-5,7-8,13-14,18,21H,3,6,9-12H2,1-2H3. The monoisotopic (exact) mass is 286 g/mol. The zero-order valence-corrected chi connectivity index (χ0v) is 13.1. The molecule has 1 heterocycles. The predicted molar refractivity (Wildman–Crippen MR) is 86.2 cm³/mol. The summed E-state index contributed by atoms with van der Waals surface area (Å²) in [6.45, 7) is 2.26. The van der Waals surface area contributed by atoms with E-state index in [-0.39, 0.29) is 6.10 Å². The maximum absolute atomic E-state index is 10.4. The zero-order chi connectivity index (χ0) is 14.8. The smallest absolute Gasteiger partial charge is 0.0707 e. The molecule has 0 amide bonds. The number of benzene rings is 1. The van der Waals surface area contributed by atoms with Crippen molar-refractivity contribution in [1.82, 2.24) is 9.78 Å². The molecule has 1 aliphatic rings.